The Kier molecular flexibility index (Phi) is 4.88. The molecule has 0 unspecified atom stereocenters. The number of nitrogens with zero attached hydrogens (tertiary/aromatic N) is 4. The van der Waals surface area contributed by atoms with Gasteiger partial charge in [-0.1, -0.05) is 12.1 Å². The largest absolute Gasteiger partial charge is 0.464 e. The van der Waals surface area contributed by atoms with E-state index in [0.717, 1.165) is 5.56 Å². The minimum atomic E-state index is 0.269. The quantitative estimate of drug-likeness (QED) is 0.834. The third-order valence-corrected chi connectivity index (χ3v) is 2.62. The Morgan fingerprint density at radius 1 is 1.24 bits per heavy atom. The van der Waals surface area contributed by atoms with Crippen LogP contribution in [0, 0.1) is 11.3 Å². The molecule has 0 bridgehead atoms. The lowest BCUT2D eigenvalue weighted by atomic mass is 10.1. The van der Waals surface area contributed by atoms with E-state index in [9.17, 15) is 0 Å². The number of benzene rings is 1. The summed E-state index contributed by atoms with van der Waals surface area (Å²) in [6.07, 6.45) is 0. The average molecular weight is 284 g/mol. The molecule has 0 aliphatic carbocycles. The lowest BCUT2D eigenvalue weighted by Gasteiger charge is -2.08. The first-order valence-electron chi connectivity index (χ1n) is 6.54. The summed E-state index contributed by atoms with van der Waals surface area (Å²) in [6.45, 7) is 2.86. The molecule has 0 aliphatic heterocycles. The first-order chi connectivity index (χ1) is 10.2. The third kappa shape index (κ3) is 4.04. The van der Waals surface area contributed by atoms with Crippen LogP contribution in [0.4, 0.5) is 11.9 Å². The van der Waals surface area contributed by atoms with E-state index in [2.05, 4.69) is 31.7 Å². The van der Waals surface area contributed by atoms with Gasteiger partial charge in [-0.05, 0) is 24.6 Å². The fourth-order valence-electron chi connectivity index (χ4n) is 1.67. The minimum Gasteiger partial charge on any atom is -0.464 e. The van der Waals surface area contributed by atoms with Gasteiger partial charge in [-0.3, -0.25) is 0 Å². The molecule has 2 N–H and O–H groups in total. The second-order valence-corrected chi connectivity index (χ2v) is 4.11. The molecular formula is C14H16N6O. The summed E-state index contributed by atoms with van der Waals surface area (Å²) in [6, 6.07) is 9.73. The van der Waals surface area contributed by atoms with E-state index >= 15 is 0 Å². The van der Waals surface area contributed by atoms with Crippen LogP contribution in [-0.2, 0) is 6.54 Å². The maximum Gasteiger partial charge on any atom is 0.323 e. The van der Waals surface area contributed by atoms with E-state index in [-0.39, 0.29) is 6.01 Å². The van der Waals surface area contributed by atoms with Gasteiger partial charge in [0, 0.05) is 13.6 Å². The Labute approximate surface area is 123 Å². The SMILES string of the molecule is CCOc1nc(NC)nc(NCc2cccc(C#N)c2)n1. The van der Waals surface area contributed by atoms with Crippen LogP contribution >= 0.6 is 0 Å². The van der Waals surface area contributed by atoms with Crippen molar-refractivity contribution in [2.45, 2.75) is 13.5 Å². The highest BCUT2D eigenvalue weighted by Crippen LogP contribution is 2.12. The van der Waals surface area contributed by atoms with Crippen LogP contribution in [0.25, 0.3) is 0 Å². The molecule has 0 fully saturated rings. The van der Waals surface area contributed by atoms with Crippen molar-refractivity contribution in [2.75, 3.05) is 24.3 Å². The molecule has 21 heavy (non-hydrogen) atoms. The van der Waals surface area contributed by atoms with Crippen molar-refractivity contribution in [1.29, 1.82) is 5.26 Å². The number of nitrogens with one attached hydrogen (secondary N) is 2. The van der Waals surface area contributed by atoms with Gasteiger partial charge in [-0.15, -0.1) is 0 Å². The maximum absolute atomic E-state index is 8.88. The van der Waals surface area contributed by atoms with Gasteiger partial charge in [0.15, 0.2) is 0 Å². The molecule has 0 atom stereocenters. The van der Waals surface area contributed by atoms with Gasteiger partial charge >= 0.3 is 6.01 Å². The van der Waals surface area contributed by atoms with E-state index in [0.29, 0.717) is 30.6 Å². The van der Waals surface area contributed by atoms with Crippen molar-refractivity contribution in [3.63, 3.8) is 0 Å². The van der Waals surface area contributed by atoms with Crippen LogP contribution in [-0.4, -0.2) is 28.6 Å². The smallest absolute Gasteiger partial charge is 0.323 e. The Morgan fingerprint density at radius 2 is 2.05 bits per heavy atom. The number of aromatic nitrogens is 3. The van der Waals surface area contributed by atoms with Crippen molar-refractivity contribution in [3.05, 3.63) is 35.4 Å². The number of rotatable bonds is 6. The topological polar surface area (TPSA) is 95.8 Å². The monoisotopic (exact) mass is 284 g/mol. The molecular weight excluding hydrogens is 268 g/mol. The molecule has 0 aliphatic rings. The summed E-state index contributed by atoms with van der Waals surface area (Å²) < 4.78 is 5.29. The Morgan fingerprint density at radius 3 is 2.76 bits per heavy atom. The van der Waals surface area contributed by atoms with Crippen molar-refractivity contribution in [3.8, 4) is 12.1 Å². The lowest BCUT2D eigenvalue weighted by Crippen LogP contribution is -2.09. The fraction of sp³-hybridized carbons (Fsp3) is 0.286. The van der Waals surface area contributed by atoms with Crippen LogP contribution in [0.1, 0.15) is 18.1 Å². The molecule has 1 heterocycles. The molecule has 0 spiro atoms. The van der Waals surface area contributed by atoms with Crippen molar-refractivity contribution >= 4 is 11.9 Å². The fourth-order valence-corrected chi connectivity index (χ4v) is 1.67. The zero-order valence-electron chi connectivity index (χ0n) is 11.9. The molecule has 7 heteroatoms. The second kappa shape index (κ2) is 7.05. The molecule has 0 radical (unpaired) electrons. The first kappa shape index (κ1) is 14.5. The summed E-state index contributed by atoms with van der Waals surface area (Å²) in [5.74, 6) is 0.849. The van der Waals surface area contributed by atoms with Gasteiger partial charge in [-0.25, -0.2) is 0 Å². The van der Waals surface area contributed by atoms with E-state index in [1.807, 2.05) is 25.1 Å². The molecule has 1 aromatic carbocycles. The van der Waals surface area contributed by atoms with Crippen molar-refractivity contribution < 1.29 is 4.74 Å². The Hall–Kier alpha value is -2.88. The van der Waals surface area contributed by atoms with Gasteiger partial charge < -0.3 is 15.4 Å². The molecule has 0 saturated heterocycles. The highest BCUT2D eigenvalue weighted by atomic mass is 16.5. The number of ether oxygens (including phenoxy) is 1. The number of anilines is 2. The highest BCUT2D eigenvalue weighted by molar-refractivity contribution is 5.38. The minimum absolute atomic E-state index is 0.269. The van der Waals surface area contributed by atoms with Gasteiger partial charge in [-0.2, -0.15) is 20.2 Å². The Balaban J connectivity index is 2.11. The van der Waals surface area contributed by atoms with Crippen molar-refractivity contribution in [2.24, 2.45) is 0 Å². The van der Waals surface area contributed by atoms with E-state index in [4.69, 9.17) is 10.00 Å². The zero-order valence-corrected chi connectivity index (χ0v) is 11.9. The summed E-state index contributed by atoms with van der Waals surface area (Å²) >= 11 is 0. The molecule has 0 amide bonds. The molecule has 2 rings (SSSR count). The summed E-state index contributed by atoms with van der Waals surface area (Å²) in [4.78, 5) is 12.5. The second-order valence-electron chi connectivity index (χ2n) is 4.11. The molecule has 1 aromatic heterocycles. The summed E-state index contributed by atoms with van der Waals surface area (Å²) in [7, 11) is 1.73. The van der Waals surface area contributed by atoms with Crippen LogP contribution in [0.3, 0.4) is 0 Å². The zero-order chi connectivity index (χ0) is 15.1. The van der Waals surface area contributed by atoms with Crippen LogP contribution in [0.5, 0.6) is 6.01 Å². The standard InChI is InChI=1S/C14H16N6O/c1-3-21-14-19-12(16-2)18-13(20-14)17-9-11-6-4-5-10(7-11)8-15/h4-7H,3,9H2,1-2H3,(H2,16,17,18,19,20). The van der Waals surface area contributed by atoms with Gasteiger partial charge in [0.1, 0.15) is 0 Å². The van der Waals surface area contributed by atoms with E-state index < -0.39 is 0 Å². The van der Waals surface area contributed by atoms with Gasteiger partial charge in [0.25, 0.3) is 0 Å². The molecule has 7 nitrogen and oxygen atoms in total. The Bertz CT molecular complexity index is 652. The molecule has 108 valence electrons. The average Bonchev–Trinajstić information content (AvgIpc) is 2.53. The number of hydrogen-bond acceptors (Lipinski definition) is 7. The number of nitriles is 1. The lowest BCUT2D eigenvalue weighted by molar-refractivity contribution is 0.312. The summed E-state index contributed by atoms with van der Waals surface area (Å²) in [5, 5.41) is 14.8. The summed E-state index contributed by atoms with van der Waals surface area (Å²) in [5.41, 5.74) is 1.59. The predicted octanol–water partition coefficient (Wildman–Crippen LogP) is 1.80. The van der Waals surface area contributed by atoms with Gasteiger partial charge in [0.05, 0.1) is 18.2 Å². The van der Waals surface area contributed by atoms with Crippen molar-refractivity contribution in [1.82, 2.24) is 15.0 Å². The van der Waals surface area contributed by atoms with Crippen LogP contribution < -0.4 is 15.4 Å². The van der Waals surface area contributed by atoms with E-state index in [1.54, 1.807) is 13.1 Å². The maximum atomic E-state index is 8.88. The third-order valence-electron chi connectivity index (χ3n) is 2.62. The van der Waals surface area contributed by atoms with Gasteiger partial charge in [0.2, 0.25) is 11.9 Å². The first-order valence-corrected chi connectivity index (χ1v) is 6.54. The predicted molar refractivity (Wildman–Crippen MR) is 79.0 cm³/mol. The number of hydrogen-bond donors (Lipinski definition) is 2. The highest BCUT2D eigenvalue weighted by Gasteiger charge is 2.06. The van der Waals surface area contributed by atoms with E-state index in [1.165, 1.54) is 0 Å². The molecule has 0 saturated carbocycles. The van der Waals surface area contributed by atoms with Crippen LogP contribution in [0.2, 0.25) is 0 Å². The van der Waals surface area contributed by atoms with Crippen LogP contribution in [0.15, 0.2) is 24.3 Å². The normalized spacial score (nSPS) is 9.76. The molecule has 2 aromatic rings.